The average molecular weight is 264 g/mol. The lowest BCUT2D eigenvalue weighted by atomic mass is 9.79. The standard InChI is InChI=1S/C16H24O3/c1-9(2)12-8-14(18-4)15-10(3)13(17)7-6-11(15)16(12)19-5/h8-10,13,17H,6-7H2,1-5H3. The number of fused-ring (bicyclic) bond motifs is 1. The van der Waals surface area contributed by atoms with E-state index in [-0.39, 0.29) is 12.0 Å². The van der Waals surface area contributed by atoms with Crippen molar-refractivity contribution >= 4 is 0 Å². The average Bonchev–Trinajstić information content (AvgIpc) is 2.40. The summed E-state index contributed by atoms with van der Waals surface area (Å²) in [6.45, 7) is 6.37. The molecule has 1 aliphatic carbocycles. The first-order valence-electron chi connectivity index (χ1n) is 6.96. The summed E-state index contributed by atoms with van der Waals surface area (Å²) in [7, 11) is 3.42. The molecule has 0 heterocycles. The zero-order chi connectivity index (χ0) is 14.2. The van der Waals surface area contributed by atoms with Crippen LogP contribution in [-0.4, -0.2) is 25.4 Å². The quantitative estimate of drug-likeness (QED) is 0.911. The van der Waals surface area contributed by atoms with Crippen molar-refractivity contribution in [2.75, 3.05) is 14.2 Å². The van der Waals surface area contributed by atoms with Crippen LogP contribution in [0, 0.1) is 0 Å². The van der Waals surface area contributed by atoms with Crippen LogP contribution in [0.25, 0.3) is 0 Å². The van der Waals surface area contributed by atoms with Gasteiger partial charge in [0.2, 0.25) is 0 Å². The SMILES string of the molecule is COc1cc(C(C)C)c(OC)c2c1C(C)C(O)CC2. The maximum absolute atomic E-state index is 10.1. The van der Waals surface area contributed by atoms with Crippen LogP contribution in [-0.2, 0) is 6.42 Å². The third-order valence-corrected chi connectivity index (χ3v) is 4.18. The molecule has 19 heavy (non-hydrogen) atoms. The highest BCUT2D eigenvalue weighted by molar-refractivity contribution is 5.57. The van der Waals surface area contributed by atoms with Gasteiger partial charge in [0, 0.05) is 22.6 Å². The van der Waals surface area contributed by atoms with Gasteiger partial charge in [-0.2, -0.15) is 0 Å². The van der Waals surface area contributed by atoms with E-state index in [1.807, 2.05) is 0 Å². The fourth-order valence-corrected chi connectivity index (χ4v) is 3.05. The molecule has 1 aliphatic rings. The Morgan fingerprint density at radius 1 is 1.26 bits per heavy atom. The zero-order valence-electron chi connectivity index (χ0n) is 12.5. The molecule has 2 unspecified atom stereocenters. The zero-order valence-corrected chi connectivity index (χ0v) is 12.5. The summed E-state index contributed by atoms with van der Waals surface area (Å²) in [5.74, 6) is 2.33. The lowest BCUT2D eigenvalue weighted by molar-refractivity contribution is 0.130. The number of hydrogen-bond acceptors (Lipinski definition) is 3. The van der Waals surface area contributed by atoms with E-state index in [0.717, 1.165) is 29.9 Å². The van der Waals surface area contributed by atoms with Crippen molar-refractivity contribution in [2.45, 2.75) is 51.6 Å². The minimum Gasteiger partial charge on any atom is -0.496 e. The minimum atomic E-state index is -0.295. The molecule has 2 atom stereocenters. The predicted molar refractivity (Wildman–Crippen MR) is 76.4 cm³/mol. The second kappa shape index (κ2) is 5.41. The molecule has 0 amide bonds. The second-order valence-corrected chi connectivity index (χ2v) is 5.64. The Balaban J connectivity index is 2.69. The molecule has 0 aliphatic heterocycles. The van der Waals surface area contributed by atoms with Gasteiger partial charge >= 0.3 is 0 Å². The summed E-state index contributed by atoms with van der Waals surface area (Å²) < 4.78 is 11.2. The lowest BCUT2D eigenvalue weighted by Crippen LogP contribution is -2.24. The molecular formula is C16H24O3. The van der Waals surface area contributed by atoms with Gasteiger partial charge in [-0.05, 0) is 24.8 Å². The molecule has 0 saturated heterocycles. The van der Waals surface area contributed by atoms with Crippen LogP contribution in [0.4, 0.5) is 0 Å². The molecular weight excluding hydrogens is 240 g/mol. The van der Waals surface area contributed by atoms with Crippen LogP contribution in [0.3, 0.4) is 0 Å². The maximum atomic E-state index is 10.1. The highest BCUT2D eigenvalue weighted by Gasteiger charge is 2.31. The number of rotatable bonds is 3. The largest absolute Gasteiger partial charge is 0.496 e. The van der Waals surface area contributed by atoms with Crippen LogP contribution in [0.15, 0.2) is 6.07 Å². The lowest BCUT2D eigenvalue weighted by Gasteiger charge is -2.32. The van der Waals surface area contributed by atoms with Crippen molar-refractivity contribution < 1.29 is 14.6 Å². The molecule has 3 heteroatoms. The fourth-order valence-electron chi connectivity index (χ4n) is 3.05. The van der Waals surface area contributed by atoms with Crippen LogP contribution in [0.1, 0.15) is 55.7 Å². The fraction of sp³-hybridized carbons (Fsp3) is 0.625. The van der Waals surface area contributed by atoms with Crippen LogP contribution >= 0.6 is 0 Å². The summed E-state index contributed by atoms with van der Waals surface area (Å²) in [5, 5.41) is 10.1. The summed E-state index contributed by atoms with van der Waals surface area (Å²) in [5.41, 5.74) is 3.51. The topological polar surface area (TPSA) is 38.7 Å². The molecule has 0 bridgehead atoms. The van der Waals surface area contributed by atoms with Crippen molar-refractivity contribution in [3.8, 4) is 11.5 Å². The summed E-state index contributed by atoms with van der Waals surface area (Å²) in [6.07, 6.45) is 1.34. The van der Waals surface area contributed by atoms with E-state index < -0.39 is 0 Å². The first kappa shape index (κ1) is 14.2. The van der Waals surface area contributed by atoms with Crippen LogP contribution in [0.2, 0.25) is 0 Å². The molecule has 3 nitrogen and oxygen atoms in total. The van der Waals surface area contributed by atoms with Gasteiger partial charge < -0.3 is 14.6 Å². The van der Waals surface area contributed by atoms with Crippen molar-refractivity contribution in [1.29, 1.82) is 0 Å². The van der Waals surface area contributed by atoms with Crippen LogP contribution in [0.5, 0.6) is 11.5 Å². The Bertz CT molecular complexity index is 466. The molecule has 0 aromatic heterocycles. The molecule has 1 aromatic rings. The monoisotopic (exact) mass is 264 g/mol. The second-order valence-electron chi connectivity index (χ2n) is 5.64. The van der Waals surface area contributed by atoms with Gasteiger partial charge in [-0.25, -0.2) is 0 Å². The van der Waals surface area contributed by atoms with Gasteiger partial charge in [-0.15, -0.1) is 0 Å². The first-order valence-corrected chi connectivity index (χ1v) is 6.96. The normalized spacial score (nSPS) is 22.3. The highest BCUT2D eigenvalue weighted by atomic mass is 16.5. The first-order chi connectivity index (χ1) is 9.01. The van der Waals surface area contributed by atoms with E-state index >= 15 is 0 Å². The van der Waals surface area contributed by atoms with E-state index in [0.29, 0.717) is 5.92 Å². The van der Waals surface area contributed by atoms with Gasteiger partial charge in [-0.1, -0.05) is 20.8 Å². The minimum absolute atomic E-state index is 0.0915. The Morgan fingerprint density at radius 2 is 1.95 bits per heavy atom. The Hall–Kier alpha value is -1.22. The van der Waals surface area contributed by atoms with E-state index in [9.17, 15) is 5.11 Å². The van der Waals surface area contributed by atoms with Crippen molar-refractivity contribution in [3.63, 3.8) is 0 Å². The van der Waals surface area contributed by atoms with E-state index in [1.165, 1.54) is 11.1 Å². The highest BCUT2D eigenvalue weighted by Crippen LogP contribution is 2.45. The molecule has 0 saturated carbocycles. The smallest absolute Gasteiger partial charge is 0.126 e. The van der Waals surface area contributed by atoms with Crippen LogP contribution < -0.4 is 9.47 Å². The molecule has 2 rings (SSSR count). The Morgan fingerprint density at radius 3 is 2.47 bits per heavy atom. The summed E-state index contributed by atoms with van der Waals surface area (Å²) in [4.78, 5) is 0. The van der Waals surface area contributed by atoms with Crippen molar-refractivity contribution in [3.05, 3.63) is 22.8 Å². The Labute approximate surface area is 115 Å². The number of hydrogen-bond donors (Lipinski definition) is 1. The number of methoxy groups -OCH3 is 2. The number of ether oxygens (including phenoxy) is 2. The summed E-state index contributed by atoms with van der Waals surface area (Å²) in [6, 6.07) is 2.07. The van der Waals surface area contributed by atoms with Gasteiger partial charge in [0.25, 0.3) is 0 Å². The van der Waals surface area contributed by atoms with Gasteiger partial charge in [0.1, 0.15) is 11.5 Å². The van der Waals surface area contributed by atoms with E-state index in [1.54, 1.807) is 14.2 Å². The Kier molecular flexibility index (Phi) is 4.04. The summed E-state index contributed by atoms with van der Waals surface area (Å²) >= 11 is 0. The molecule has 1 N–H and O–H groups in total. The molecule has 0 spiro atoms. The maximum Gasteiger partial charge on any atom is 0.126 e. The molecule has 0 radical (unpaired) electrons. The van der Waals surface area contributed by atoms with Gasteiger partial charge in [0.15, 0.2) is 0 Å². The van der Waals surface area contributed by atoms with Crippen molar-refractivity contribution in [2.24, 2.45) is 0 Å². The predicted octanol–water partition coefficient (Wildman–Crippen LogP) is 3.24. The van der Waals surface area contributed by atoms with Gasteiger partial charge in [-0.3, -0.25) is 0 Å². The number of benzene rings is 1. The number of aliphatic hydroxyl groups is 1. The molecule has 1 aromatic carbocycles. The van der Waals surface area contributed by atoms with Crippen molar-refractivity contribution in [1.82, 2.24) is 0 Å². The third kappa shape index (κ3) is 2.32. The molecule has 0 fully saturated rings. The number of aliphatic hydroxyl groups excluding tert-OH is 1. The third-order valence-electron chi connectivity index (χ3n) is 4.18. The molecule has 106 valence electrons. The van der Waals surface area contributed by atoms with Gasteiger partial charge in [0.05, 0.1) is 20.3 Å². The van der Waals surface area contributed by atoms with E-state index in [2.05, 4.69) is 26.8 Å². The van der Waals surface area contributed by atoms with E-state index in [4.69, 9.17) is 9.47 Å².